The van der Waals surface area contributed by atoms with Gasteiger partial charge in [0.05, 0.1) is 0 Å². The molecule has 0 amide bonds. The second-order valence-corrected chi connectivity index (χ2v) is 6.63. The summed E-state index contributed by atoms with van der Waals surface area (Å²) in [4.78, 5) is 0. The molecule has 1 N–H and O–H groups in total. The van der Waals surface area contributed by atoms with E-state index in [0.29, 0.717) is 12.0 Å². The fourth-order valence-electron chi connectivity index (χ4n) is 2.79. The van der Waals surface area contributed by atoms with E-state index < -0.39 is 0 Å². The van der Waals surface area contributed by atoms with E-state index in [1.807, 2.05) is 18.2 Å². The van der Waals surface area contributed by atoms with Crippen LogP contribution in [0.3, 0.4) is 0 Å². The van der Waals surface area contributed by atoms with E-state index in [-0.39, 0.29) is 11.9 Å². The van der Waals surface area contributed by atoms with Crippen molar-refractivity contribution in [1.82, 2.24) is 5.32 Å². The summed E-state index contributed by atoms with van der Waals surface area (Å²) in [6, 6.07) is 15.7. The van der Waals surface area contributed by atoms with Gasteiger partial charge in [-0.2, -0.15) is 0 Å². The van der Waals surface area contributed by atoms with Gasteiger partial charge < -0.3 is 5.32 Å². The lowest BCUT2D eigenvalue weighted by atomic mass is 9.99. The van der Waals surface area contributed by atoms with Crippen LogP contribution in [0.1, 0.15) is 43.0 Å². The number of hydrogen-bond donors (Lipinski definition) is 1. The number of rotatable bonds is 5. The van der Waals surface area contributed by atoms with E-state index in [9.17, 15) is 4.39 Å². The third-order valence-corrected chi connectivity index (χ3v) is 4.85. The van der Waals surface area contributed by atoms with Crippen molar-refractivity contribution in [3.63, 3.8) is 0 Å². The minimum absolute atomic E-state index is 0.174. The van der Waals surface area contributed by atoms with Gasteiger partial charge in [-0.3, -0.25) is 0 Å². The third-order valence-electron chi connectivity index (χ3n) is 4.12. The van der Waals surface area contributed by atoms with Crippen LogP contribution in [0, 0.1) is 11.7 Å². The van der Waals surface area contributed by atoms with Gasteiger partial charge in [0, 0.05) is 16.6 Å². The highest BCUT2D eigenvalue weighted by atomic mass is 79.9. The van der Waals surface area contributed by atoms with Crippen molar-refractivity contribution < 1.29 is 4.39 Å². The van der Waals surface area contributed by atoms with Crippen LogP contribution in [0.25, 0.3) is 0 Å². The fraction of sp³-hybridized carbons (Fsp3) is 0.333. The topological polar surface area (TPSA) is 12.0 Å². The summed E-state index contributed by atoms with van der Waals surface area (Å²) in [6.07, 6.45) is 2.50. The first-order valence-electron chi connectivity index (χ1n) is 7.41. The molecule has 110 valence electrons. The largest absolute Gasteiger partial charge is 0.303 e. The number of nitrogens with one attached hydrogen (secondary N) is 1. The molecule has 1 aliphatic carbocycles. The fourth-order valence-corrected chi connectivity index (χ4v) is 3.42. The third kappa shape index (κ3) is 3.53. The summed E-state index contributed by atoms with van der Waals surface area (Å²) in [6.45, 7) is 2.18. The Balaban J connectivity index is 1.79. The Morgan fingerprint density at radius 3 is 2.38 bits per heavy atom. The normalized spacial score (nSPS) is 17.5. The van der Waals surface area contributed by atoms with Gasteiger partial charge in [0.2, 0.25) is 0 Å². The highest BCUT2D eigenvalue weighted by Gasteiger charge is 2.33. The van der Waals surface area contributed by atoms with Gasteiger partial charge in [0.1, 0.15) is 5.82 Å². The average molecular weight is 348 g/mol. The van der Waals surface area contributed by atoms with Crippen molar-refractivity contribution in [2.45, 2.75) is 31.8 Å². The van der Waals surface area contributed by atoms with Crippen molar-refractivity contribution in [1.29, 1.82) is 0 Å². The lowest BCUT2D eigenvalue weighted by Gasteiger charge is -2.25. The van der Waals surface area contributed by atoms with Gasteiger partial charge in [-0.1, -0.05) is 46.3 Å². The molecule has 1 nitrogen and oxygen atoms in total. The molecule has 0 heterocycles. The average Bonchev–Trinajstić information content (AvgIpc) is 3.31. The molecule has 2 unspecified atom stereocenters. The van der Waals surface area contributed by atoms with Gasteiger partial charge in [-0.25, -0.2) is 4.39 Å². The maximum atomic E-state index is 13.1. The maximum absolute atomic E-state index is 13.1. The van der Waals surface area contributed by atoms with Crippen LogP contribution in [0.15, 0.2) is 53.0 Å². The second kappa shape index (κ2) is 6.29. The quantitative estimate of drug-likeness (QED) is 0.764. The molecule has 1 saturated carbocycles. The molecule has 3 heteroatoms. The summed E-state index contributed by atoms with van der Waals surface area (Å²) < 4.78 is 14.2. The predicted octanol–water partition coefficient (Wildman–Crippen LogP) is 5.39. The summed E-state index contributed by atoms with van der Waals surface area (Å²) >= 11 is 3.62. The number of benzene rings is 2. The van der Waals surface area contributed by atoms with Crippen LogP contribution in [0.4, 0.5) is 4.39 Å². The van der Waals surface area contributed by atoms with Gasteiger partial charge in [0.25, 0.3) is 0 Å². The van der Waals surface area contributed by atoms with E-state index in [0.717, 1.165) is 4.47 Å². The Morgan fingerprint density at radius 1 is 1.10 bits per heavy atom. The van der Waals surface area contributed by atoms with Crippen LogP contribution in [-0.2, 0) is 0 Å². The smallest absolute Gasteiger partial charge is 0.123 e. The molecule has 2 aromatic carbocycles. The van der Waals surface area contributed by atoms with Gasteiger partial charge >= 0.3 is 0 Å². The minimum atomic E-state index is -0.174. The molecule has 0 bridgehead atoms. The minimum Gasteiger partial charge on any atom is -0.303 e. The SMILES string of the molecule is CC(NC(c1ccc(F)cc1)C1CC1)c1ccccc1Br. The maximum Gasteiger partial charge on any atom is 0.123 e. The van der Waals surface area contributed by atoms with Crippen molar-refractivity contribution in [3.05, 3.63) is 69.9 Å². The van der Waals surface area contributed by atoms with Gasteiger partial charge in [-0.15, -0.1) is 0 Å². The van der Waals surface area contributed by atoms with E-state index in [2.05, 4.69) is 46.4 Å². The van der Waals surface area contributed by atoms with Gasteiger partial charge in [0.15, 0.2) is 0 Å². The highest BCUT2D eigenvalue weighted by molar-refractivity contribution is 9.10. The van der Waals surface area contributed by atoms with E-state index in [1.54, 1.807) is 12.1 Å². The zero-order chi connectivity index (χ0) is 14.8. The van der Waals surface area contributed by atoms with Crippen molar-refractivity contribution in [2.24, 2.45) is 5.92 Å². The monoisotopic (exact) mass is 347 g/mol. The first-order valence-corrected chi connectivity index (χ1v) is 8.20. The Kier molecular flexibility index (Phi) is 4.41. The summed E-state index contributed by atoms with van der Waals surface area (Å²) in [7, 11) is 0. The molecular weight excluding hydrogens is 329 g/mol. The molecule has 0 aliphatic heterocycles. The zero-order valence-electron chi connectivity index (χ0n) is 12.0. The first kappa shape index (κ1) is 14.7. The van der Waals surface area contributed by atoms with E-state index >= 15 is 0 Å². The summed E-state index contributed by atoms with van der Waals surface area (Å²) in [5.41, 5.74) is 2.43. The van der Waals surface area contributed by atoms with Crippen LogP contribution < -0.4 is 5.32 Å². The molecular formula is C18H19BrFN. The number of halogens is 2. The summed E-state index contributed by atoms with van der Waals surface area (Å²) in [5.74, 6) is 0.493. The molecule has 0 radical (unpaired) electrons. The number of hydrogen-bond acceptors (Lipinski definition) is 1. The zero-order valence-corrected chi connectivity index (χ0v) is 13.6. The molecule has 0 aromatic heterocycles. The molecule has 21 heavy (non-hydrogen) atoms. The first-order chi connectivity index (χ1) is 10.1. The van der Waals surface area contributed by atoms with Gasteiger partial charge in [-0.05, 0) is 55.0 Å². The van der Waals surface area contributed by atoms with E-state index in [4.69, 9.17) is 0 Å². The van der Waals surface area contributed by atoms with Crippen molar-refractivity contribution in [2.75, 3.05) is 0 Å². The van der Waals surface area contributed by atoms with Crippen LogP contribution in [0.2, 0.25) is 0 Å². The van der Waals surface area contributed by atoms with E-state index in [1.165, 1.54) is 24.0 Å². The van der Waals surface area contributed by atoms with Crippen LogP contribution >= 0.6 is 15.9 Å². The predicted molar refractivity (Wildman–Crippen MR) is 87.6 cm³/mol. The van der Waals surface area contributed by atoms with Crippen molar-refractivity contribution in [3.8, 4) is 0 Å². The van der Waals surface area contributed by atoms with Crippen LogP contribution in [0.5, 0.6) is 0 Å². The highest BCUT2D eigenvalue weighted by Crippen LogP contribution is 2.42. The Labute approximate surface area is 133 Å². The standard InChI is InChI=1S/C18H19BrFN/c1-12(16-4-2-3-5-17(16)19)21-18(13-6-7-13)14-8-10-15(20)11-9-14/h2-5,8-13,18,21H,6-7H2,1H3. The molecule has 1 aliphatic rings. The van der Waals surface area contributed by atoms with Crippen LogP contribution in [-0.4, -0.2) is 0 Å². The molecule has 0 saturated heterocycles. The molecule has 3 rings (SSSR count). The van der Waals surface area contributed by atoms with Crippen molar-refractivity contribution >= 4 is 15.9 Å². The Morgan fingerprint density at radius 2 is 1.76 bits per heavy atom. The molecule has 0 spiro atoms. The Bertz CT molecular complexity index is 607. The molecule has 2 aromatic rings. The second-order valence-electron chi connectivity index (χ2n) is 5.78. The lowest BCUT2D eigenvalue weighted by Crippen LogP contribution is -2.26. The lowest BCUT2D eigenvalue weighted by molar-refractivity contribution is 0.426. The molecule has 1 fully saturated rings. The molecule has 2 atom stereocenters. The Hall–Kier alpha value is -1.19. The summed E-state index contributed by atoms with van der Waals surface area (Å²) in [5, 5.41) is 3.72.